The molecule has 2 heteroatoms. The number of fused-ring (bicyclic) bond motifs is 3. The Kier molecular flexibility index (Phi) is 11.6. The van der Waals surface area contributed by atoms with Gasteiger partial charge in [0.2, 0.25) is 0 Å². The lowest BCUT2D eigenvalue weighted by Gasteiger charge is -2.29. The van der Waals surface area contributed by atoms with Crippen molar-refractivity contribution in [3.05, 3.63) is 303 Å². The summed E-state index contributed by atoms with van der Waals surface area (Å²) < 4.78 is 2.40. The highest BCUT2D eigenvalue weighted by Crippen LogP contribution is 2.47. The van der Waals surface area contributed by atoms with Crippen molar-refractivity contribution >= 4 is 38.9 Å². The first kappa shape index (κ1) is 44.2. The summed E-state index contributed by atoms with van der Waals surface area (Å²) in [6.07, 6.45) is 0. The van der Waals surface area contributed by atoms with Crippen LogP contribution in [0.4, 0.5) is 17.1 Å². The van der Waals surface area contributed by atoms with E-state index in [4.69, 9.17) is 0 Å². The van der Waals surface area contributed by atoms with Gasteiger partial charge in [-0.15, -0.1) is 0 Å². The Morgan fingerprint density at radius 2 is 0.649 bits per heavy atom. The third-order valence-electron chi connectivity index (χ3n) is 14.4. The van der Waals surface area contributed by atoms with E-state index in [9.17, 15) is 0 Å². The van der Waals surface area contributed by atoms with Gasteiger partial charge >= 0.3 is 0 Å². The second-order valence-electron chi connectivity index (χ2n) is 18.9. The summed E-state index contributed by atoms with van der Waals surface area (Å²) in [5, 5.41) is 2.48. The third-order valence-corrected chi connectivity index (χ3v) is 14.4. The van der Waals surface area contributed by atoms with Crippen molar-refractivity contribution in [3.8, 4) is 83.6 Å². The second-order valence-corrected chi connectivity index (χ2v) is 18.9. The van der Waals surface area contributed by atoms with Crippen LogP contribution in [-0.2, 0) is 0 Å². The number of nitrogens with zero attached hydrogens (tertiary/aromatic N) is 2. The second kappa shape index (κ2) is 19.4. The molecule has 0 fully saturated rings. The van der Waals surface area contributed by atoms with Crippen LogP contribution in [0.5, 0.6) is 0 Å². The molecule has 0 spiro atoms. The van der Waals surface area contributed by atoms with Gasteiger partial charge in [-0.2, -0.15) is 0 Å². The van der Waals surface area contributed by atoms with Gasteiger partial charge in [0.25, 0.3) is 0 Å². The van der Waals surface area contributed by atoms with Crippen molar-refractivity contribution in [1.29, 1.82) is 0 Å². The molecule has 0 aliphatic carbocycles. The molecule has 0 unspecified atom stereocenters. The Hall–Kier alpha value is -9.76. The molecule has 1 heterocycles. The van der Waals surface area contributed by atoms with E-state index >= 15 is 0 Å². The molecule has 1 aromatic heterocycles. The van der Waals surface area contributed by atoms with Gasteiger partial charge in [0, 0.05) is 33.4 Å². The predicted molar refractivity (Wildman–Crippen MR) is 314 cm³/mol. The first-order valence-corrected chi connectivity index (χ1v) is 25.4. The minimum atomic E-state index is 1.06. The minimum Gasteiger partial charge on any atom is -0.310 e. The van der Waals surface area contributed by atoms with Gasteiger partial charge in [-0.3, -0.25) is 0 Å². The molecular weight excluding hydrogens is 893 g/mol. The summed E-state index contributed by atoms with van der Waals surface area (Å²) in [6.45, 7) is 0. The summed E-state index contributed by atoms with van der Waals surface area (Å²) >= 11 is 0. The van der Waals surface area contributed by atoms with E-state index in [1.165, 1.54) is 71.9 Å². The SMILES string of the molecule is c1ccc(-c2cc(-c3ccccc3)cc(-c3ccc(N(c4cccc(-c5ccc6c7ccccc7n(-c7ccccc7)c6c5)c4)c4ccccc4-c4ccccc4-c4ccccc4-c4ccccc4)cc3)c2)cc1. The molecule has 348 valence electrons. The molecule has 0 bridgehead atoms. The number of aromatic nitrogens is 1. The molecule has 13 aromatic rings. The predicted octanol–water partition coefficient (Wildman–Crippen LogP) is 19.9. The highest BCUT2D eigenvalue weighted by Gasteiger charge is 2.22. The third kappa shape index (κ3) is 8.35. The average Bonchev–Trinajstić information content (AvgIpc) is 3.83. The van der Waals surface area contributed by atoms with Crippen LogP contribution in [0.25, 0.3) is 105 Å². The van der Waals surface area contributed by atoms with E-state index in [1.807, 2.05) is 0 Å². The van der Waals surface area contributed by atoms with Gasteiger partial charge in [-0.25, -0.2) is 0 Å². The molecule has 0 aliphatic heterocycles. The number of para-hydroxylation sites is 3. The van der Waals surface area contributed by atoms with Gasteiger partial charge in [-0.05, 0) is 145 Å². The Labute approximate surface area is 433 Å². The molecule has 2 nitrogen and oxygen atoms in total. The van der Waals surface area contributed by atoms with Gasteiger partial charge in [-0.1, -0.05) is 231 Å². The molecule has 0 radical (unpaired) electrons. The van der Waals surface area contributed by atoms with E-state index < -0.39 is 0 Å². The van der Waals surface area contributed by atoms with E-state index in [2.05, 4.69) is 313 Å². The first-order valence-electron chi connectivity index (χ1n) is 25.4. The number of rotatable bonds is 11. The van der Waals surface area contributed by atoms with Crippen LogP contribution >= 0.6 is 0 Å². The topological polar surface area (TPSA) is 8.17 Å². The fourth-order valence-electron chi connectivity index (χ4n) is 10.9. The Morgan fingerprint density at radius 3 is 1.28 bits per heavy atom. The van der Waals surface area contributed by atoms with Crippen LogP contribution < -0.4 is 4.90 Å². The van der Waals surface area contributed by atoms with E-state index in [0.717, 1.165) is 50.6 Å². The Bertz CT molecular complexity index is 4040. The maximum absolute atomic E-state index is 2.44. The largest absolute Gasteiger partial charge is 0.310 e. The first-order chi connectivity index (χ1) is 36.7. The number of hydrogen-bond donors (Lipinski definition) is 0. The van der Waals surface area contributed by atoms with Crippen molar-refractivity contribution in [1.82, 2.24) is 4.57 Å². The van der Waals surface area contributed by atoms with Crippen LogP contribution in [-0.4, -0.2) is 4.57 Å². The van der Waals surface area contributed by atoms with E-state index in [-0.39, 0.29) is 0 Å². The fourth-order valence-corrected chi connectivity index (χ4v) is 10.9. The maximum Gasteiger partial charge on any atom is 0.0547 e. The average molecular weight is 943 g/mol. The molecule has 0 amide bonds. The molecule has 0 N–H and O–H groups in total. The van der Waals surface area contributed by atoms with Gasteiger partial charge < -0.3 is 9.47 Å². The summed E-state index contributed by atoms with van der Waals surface area (Å²) in [6, 6.07) is 110. The van der Waals surface area contributed by atoms with Gasteiger partial charge in [0.05, 0.1) is 16.7 Å². The molecule has 0 atom stereocenters. The zero-order valence-electron chi connectivity index (χ0n) is 40.8. The molecule has 13 rings (SSSR count). The highest BCUT2D eigenvalue weighted by atomic mass is 15.1. The van der Waals surface area contributed by atoms with Gasteiger partial charge in [0.15, 0.2) is 0 Å². The molecule has 0 aliphatic rings. The number of benzene rings is 12. The number of anilines is 3. The van der Waals surface area contributed by atoms with Crippen molar-refractivity contribution in [2.45, 2.75) is 0 Å². The van der Waals surface area contributed by atoms with Gasteiger partial charge in [0.1, 0.15) is 0 Å². The van der Waals surface area contributed by atoms with E-state index in [0.29, 0.717) is 0 Å². The van der Waals surface area contributed by atoms with Crippen LogP contribution in [0.3, 0.4) is 0 Å². The minimum absolute atomic E-state index is 1.06. The molecule has 74 heavy (non-hydrogen) atoms. The lowest BCUT2D eigenvalue weighted by Crippen LogP contribution is -2.11. The maximum atomic E-state index is 2.44. The monoisotopic (exact) mass is 942 g/mol. The zero-order chi connectivity index (χ0) is 49.2. The summed E-state index contributed by atoms with van der Waals surface area (Å²) in [5.74, 6) is 0. The van der Waals surface area contributed by atoms with Crippen molar-refractivity contribution < 1.29 is 0 Å². The van der Waals surface area contributed by atoms with Crippen LogP contribution in [0, 0.1) is 0 Å². The van der Waals surface area contributed by atoms with Crippen molar-refractivity contribution in [2.24, 2.45) is 0 Å². The van der Waals surface area contributed by atoms with Crippen LogP contribution in [0.15, 0.2) is 303 Å². The standard InChI is InChI=1S/C72H50N2/c1-5-22-51(23-6-1)57-46-58(52-24-7-2-8-25-52)48-59(47-57)53-40-43-61(44-41-53)73(70-38-19-17-36-67(70)66-35-16-15-34-65(66)64-33-14-13-32-63(64)54-26-9-3-10-27-54)62-31-21-28-55(49-62)56-42-45-69-68-37-18-20-39-71(68)74(72(69)50-56)60-29-11-4-12-30-60/h1-50H. The molecule has 0 saturated heterocycles. The highest BCUT2D eigenvalue weighted by molar-refractivity contribution is 6.10. The smallest absolute Gasteiger partial charge is 0.0547 e. The fraction of sp³-hybridized carbons (Fsp3) is 0. The van der Waals surface area contributed by atoms with E-state index in [1.54, 1.807) is 0 Å². The summed E-state index contributed by atoms with van der Waals surface area (Å²) in [4.78, 5) is 2.44. The zero-order valence-corrected chi connectivity index (χ0v) is 40.8. The van der Waals surface area contributed by atoms with Crippen LogP contribution in [0.2, 0.25) is 0 Å². The molecule has 0 saturated carbocycles. The van der Waals surface area contributed by atoms with Crippen molar-refractivity contribution in [2.75, 3.05) is 4.90 Å². The number of hydrogen-bond acceptors (Lipinski definition) is 1. The Morgan fingerprint density at radius 1 is 0.216 bits per heavy atom. The molecular formula is C72H50N2. The quantitative estimate of drug-likeness (QED) is 0.125. The van der Waals surface area contributed by atoms with Crippen molar-refractivity contribution in [3.63, 3.8) is 0 Å². The lowest BCUT2D eigenvalue weighted by molar-refractivity contribution is 1.18. The normalized spacial score (nSPS) is 11.2. The summed E-state index contributed by atoms with van der Waals surface area (Å²) in [5.41, 5.74) is 23.1. The molecule has 12 aromatic carbocycles. The summed E-state index contributed by atoms with van der Waals surface area (Å²) in [7, 11) is 0. The van der Waals surface area contributed by atoms with Crippen LogP contribution in [0.1, 0.15) is 0 Å². The Balaban J connectivity index is 0.979. The lowest BCUT2D eigenvalue weighted by atomic mass is 9.88.